The van der Waals surface area contributed by atoms with Gasteiger partial charge < -0.3 is 5.32 Å². The van der Waals surface area contributed by atoms with Gasteiger partial charge in [-0.05, 0) is 50.1 Å². The van der Waals surface area contributed by atoms with E-state index in [1.807, 2.05) is 11.8 Å². The predicted molar refractivity (Wildman–Crippen MR) is 88.5 cm³/mol. The van der Waals surface area contributed by atoms with E-state index in [-0.39, 0.29) is 0 Å². The maximum absolute atomic E-state index is 3.49. The second kappa shape index (κ2) is 7.51. The van der Waals surface area contributed by atoms with Gasteiger partial charge in [-0.25, -0.2) is 0 Å². The van der Waals surface area contributed by atoms with Crippen LogP contribution in [0.3, 0.4) is 0 Å². The van der Waals surface area contributed by atoms with Crippen LogP contribution in [0.25, 0.3) is 0 Å². The molecule has 0 bridgehead atoms. The minimum absolute atomic E-state index is 0.946. The van der Waals surface area contributed by atoms with Crippen LogP contribution in [0.1, 0.15) is 30.0 Å². The molecule has 106 valence electrons. The van der Waals surface area contributed by atoms with E-state index in [0.717, 1.165) is 13.1 Å². The Morgan fingerprint density at radius 2 is 1.80 bits per heavy atom. The average molecular weight is 285 g/mol. The van der Waals surface area contributed by atoms with E-state index in [4.69, 9.17) is 0 Å². The van der Waals surface area contributed by atoms with E-state index in [1.54, 1.807) is 0 Å². The first-order chi connectivity index (χ1) is 9.70. The molecule has 0 unspecified atom stereocenters. The minimum Gasteiger partial charge on any atom is -0.313 e. The summed E-state index contributed by atoms with van der Waals surface area (Å²) >= 11 is 1.87. The Labute approximate surface area is 126 Å². The Morgan fingerprint density at radius 1 is 1.00 bits per heavy atom. The van der Waals surface area contributed by atoms with Crippen LogP contribution >= 0.6 is 11.8 Å². The van der Waals surface area contributed by atoms with Gasteiger partial charge in [-0.1, -0.05) is 54.6 Å². The second-order valence-electron chi connectivity index (χ2n) is 5.16. The van der Waals surface area contributed by atoms with Crippen molar-refractivity contribution >= 4 is 11.8 Å². The molecule has 0 aliphatic carbocycles. The third-order valence-corrected chi connectivity index (χ3v) is 4.56. The van der Waals surface area contributed by atoms with E-state index in [0.29, 0.717) is 0 Å². The molecule has 0 heterocycles. The standard InChI is InChI=1S/C18H23NS/c1-4-11-19-13-16-7-5-6-8-18(16)20-17-10-9-14(2)12-15(17)3/h5-10,12,19H,4,11,13H2,1-3H3. The van der Waals surface area contributed by atoms with Gasteiger partial charge in [0.15, 0.2) is 0 Å². The summed E-state index contributed by atoms with van der Waals surface area (Å²) < 4.78 is 0. The largest absolute Gasteiger partial charge is 0.313 e. The molecule has 2 aromatic carbocycles. The summed E-state index contributed by atoms with van der Waals surface area (Å²) in [6.07, 6.45) is 1.17. The highest BCUT2D eigenvalue weighted by Crippen LogP contribution is 2.32. The van der Waals surface area contributed by atoms with Gasteiger partial charge in [0.05, 0.1) is 0 Å². The topological polar surface area (TPSA) is 12.0 Å². The van der Waals surface area contributed by atoms with Crippen molar-refractivity contribution in [1.82, 2.24) is 5.32 Å². The Kier molecular flexibility index (Phi) is 5.69. The third-order valence-electron chi connectivity index (χ3n) is 3.27. The molecule has 0 spiro atoms. The number of nitrogens with one attached hydrogen (secondary N) is 1. The molecule has 0 saturated heterocycles. The van der Waals surface area contributed by atoms with Crippen LogP contribution < -0.4 is 5.32 Å². The molecule has 2 heteroatoms. The van der Waals surface area contributed by atoms with Crippen LogP contribution in [0.4, 0.5) is 0 Å². The highest BCUT2D eigenvalue weighted by Gasteiger charge is 2.06. The first-order valence-electron chi connectivity index (χ1n) is 7.24. The molecule has 0 fully saturated rings. The molecule has 0 amide bonds. The molecule has 1 N–H and O–H groups in total. The number of benzene rings is 2. The van der Waals surface area contributed by atoms with Crippen molar-refractivity contribution in [3.8, 4) is 0 Å². The highest BCUT2D eigenvalue weighted by molar-refractivity contribution is 7.99. The van der Waals surface area contributed by atoms with Crippen molar-refractivity contribution in [2.75, 3.05) is 6.54 Å². The smallest absolute Gasteiger partial charge is 0.0216 e. The monoisotopic (exact) mass is 285 g/mol. The van der Waals surface area contributed by atoms with E-state index in [9.17, 15) is 0 Å². The van der Waals surface area contributed by atoms with Crippen molar-refractivity contribution in [2.45, 2.75) is 43.5 Å². The average Bonchev–Trinajstić information content (AvgIpc) is 2.44. The zero-order valence-electron chi connectivity index (χ0n) is 12.6. The summed E-state index contributed by atoms with van der Waals surface area (Å²) in [5, 5.41) is 3.49. The van der Waals surface area contributed by atoms with E-state index >= 15 is 0 Å². The quantitative estimate of drug-likeness (QED) is 0.753. The lowest BCUT2D eigenvalue weighted by Gasteiger charge is -2.11. The molecule has 1 nitrogen and oxygen atoms in total. The summed E-state index contributed by atoms with van der Waals surface area (Å²) in [5.74, 6) is 0. The van der Waals surface area contributed by atoms with E-state index < -0.39 is 0 Å². The number of rotatable bonds is 6. The van der Waals surface area contributed by atoms with Crippen LogP contribution in [0.5, 0.6) is 0 Å². The first kappa shape index (κ1) is 15.1. The Bertz CT molecular complexity index is 563. The molecule has 0 atom stereocenters. The van der Waals surface area contributed by atoms with Gasteiger partial charge in [-0.3, -0.25) is 0 Å². The fourth-order valence-corrected chi connectivity index (χ4v) is 3.19. The van der Waals surface area contributed by atoms with Gasteiger partial charge in [0.2, 0.25) is 0 Å². The summed E-state index contributed by atoms with van der Waals surface area (Å²) in [5.41, 5.74) is 4.06. The lowest BCUT2D eigenvalue weighted by Crippen LogP contribution is -2.14. The predicted octanol–water partition coefficient (Wildman–Crippen LogP) is 4.95. The van der Waals surface area contributed by atoms with E-state index in [2.05, 4.69) is 68.6 Å². The van der Waals surface area contributed by atoms with E-state index in [1.165, 1.54) is 32.9 Å². The summed E-state index contributed by atoms with van der Waals surface area (Å²) in [6, 6.07) is 15.3. The summed E-state index contributed by atoms with van der Waals surface area (Å²) in [4.78, 5) is 2.70. The lowest BCUT2D eigenvalue weighted by atomic mass is 10.2. The number of aryl methyl sites for hydroxylation is 2. The first-order valence-corrected chi connectivity index (χ1v) is 8.06. The third kappa shape index (κ3) is 4.12. The summed E-state index contributed by atoms with van der Waals surface area (Å²) in [7, 11) is 0. The van der Waals surface area contributed by atoms with Crippen molar-refractivity contribution in [3.63, 3.8) is 0 Å². The maximum Gasteiger partial charge on any atom is 0.0216 e. The number of hydrogen-bond acceptors (Lipinski definition) is 2. The van der Waals surface area contributed by atoms with Crippen LogP contribution in [-0.4, -0.2) is 6.54 Å². The van der Waals surface area contributed by atoms with Crippen molar-refractivity contribution < 1.29 is 0 Å². The fraction of sp³-hybridized carbons (Fsp3) is 0.333. The molecule has 0 saturated carbocycles. The van der Waals surface area contributed by atoms with Gasteiger partial charge in [0.1, 0.15) is 0 Å². The Morgan fingerprint density at radius 3 is 2.55 bits per heavy atom. The molecule has 0 aromatic heterocycles. The minimum atomic E-state index is 0.946. The van der Waals surface area contributed by atoms with Crippen LogP contribution in [0.2, 0.25) is 0 Å². The number of hydrogen-bond donors (Lipinski definition) is 1. The SMILES string of the molecule is CCCNCc1ccccc1Sc1ccc(C)cc1C. The fourth-order valence-electron chi connectivity index (χ4n) is 2.18. The Hall–Kier alpha value is -1.25. The Balaban J connectivity index is 2.16. The van der Waals surface area contributed by atoms with Gasteiger partial charge in [-0.2, -0.15) is 0 Å². The van der Waals surface area contributed by atoms with Gasteiger partial charge >= 0.3 is 0 Å². The maximum atomic E-state index is 3.49. The van der Waals surface area contributed by atoms with Crippen LogP contribution in [-0.2, 0) is 6.54 Å². The van der Waals surface area contributed by atoms with Gasteiger partial charge in [0, 0.05) is 16.3 Å². The molecular formula is C18H23NS. The van der Waals surface area contributed by atoms with Crippen molar-refractivity contribution in [2.24, 2.45) is 0 Å². The van der Waals surface area contributed by atoms with Gasteiger partial charge in [0.25, 0.3) is 0 Å². The van der Waals surface area contributed by atoms with Crippen molar-refractivity contribution in [3.05, 3.63) is 59.2 Å². The molecule has 2 rings (SSSR count). The molecule has 0 aliphatic rings. The zero-order valence-corrected chi connectivity index (χ0v) is 13.4. The zero-order chi connectivity index (χ0) is 14.4. The second-order valence-corrected chi connectivity index (χ2v) is 6.24. The molecule has 20 heavy (non-hydrogen) atoms. The summed E-state index contributed by atoms with van der Waals surface area (Å²) in [6.45, 7) is 8.55. The molecule has 0 radical (unpaired) electrons. The molecule has 0 aliphatic heterocycles. The highest BCUT2D eigenvalue weighted by atomic mass is 32.2. The van der Waals surface area contributed by atoms with Crippen LogP contribution in [0.15, 0.2) is 52.3 Å². The van der Waals surface area contributed by atoms with Crippen molar-refractivity contribution in [1.29, 1.82) is 0 Å². The van der Waals surface area contributed by atoms with Crippen LogP contribution in [0, 0.1) is 13.8 Å². The normalized spacial score (nSPS) is 10.8. The molecule has 2 aromatic rings. The van der Waals surface area contributed by atoms with Gasteiger partial charge in [-0.15, -0.1) is 0 Å². The lowest BCUT2D eigenvalue weighted by molar-refractivity contribution is 0.669. The molecular weight excluding hydrogens is 262 g/mol.